The van der Waals surface area contributed by atoms with Crippen LogP contribution in [0.25, 0.3) is 0 Å². The molecule has 6 heteroatoms. The van der Waals surface area contributed by atoms with Crippen molar-refractivity contribution < 1.29 is 4.39 Å². The molecular formula is C13H16FN3S2. The highest BCUT2D eigenvalue weighted by Gasteiger charge is 2.02. The van der Waals surface area contributed by atoms with Crippen molar-refractivity contribution in [1.29, 1.82) is 0 Å². The Kier molecular flexibility index (Phi) is 7.14. The second-order valence-corrected chi connectivity index (χ2v) is 5.11. The molecule has 2 N–H and O–H groups in total. The maximum Gasteiger partial charge on any atom is 0.176 e. The van der Waals surface area contributed by atoms with Crippen molar-refractivity contribution in [3.63, 3.8) is 0 Å². The van der Waals surface area contributed by atoms with E-state index in [1.54, 1.807) is 30.0 Å². The van der Waals surface area contributed by atoms with E-state index in [2.05, 4.69) is 22.2 Å². The number of anilines is 1. The maximum atomic E-state index is 12.8. The Balaban J connectivity index is 2.57. The van der Waals surface area contributed by atoms with Crippen LogP contribution in [0.2, 0.25) is 0 Å². The lowest BCUT2D eigenvalue weighted by Crippen LogP contribution is -2.32. The lowest BCUT2D eigenvalue weighted by Gasteiger charge is -2.11. The number of hydrogen-bond acceptors (Lipinski definition) is 3. The molecule has 0 saturated heterocycles. The summed E-state index contributed by atoms with van der Waals surface area (Å²) in [4.78, 5) is 4.29. The number of nitrogens with zero attached hydrogens (tertiary/aromatic N) is 1. The summed E-state index contributed by atoms with van der Waals surface area (Å²) in [5.74, 6) is 0.612. The van der Waals surface area contributed by atoms with Gasteiger partial charge in [0.15, 0.2) is 10.3 Å². The van der Waals surface area contributed by atoms with E-state index in [0.717, 1.165) is 16.6 Å². The van der Waals surface area contributed by atoms with Crippen LogP contribution in [0, 0.1) is 5.82 Å². The van der Waals surface area contributed by atoms with Crippen LogP contribution >= 0.6 is 24.0 Å². The van der Waals surface area contributed by atoms with Gasteiger partial charge in [-0.2, -0.15) is 0 Å². The molecule has 0 atom stereocenters. The first-order valence-corrected chi connectivity index (χ1v) is 7.16. The third kappa shape index (κ3) is 6.35. The van der Waals surface area contributed by atoms with Gasteiger partial charge < -0.3 is 10.6 Å². The molecule has 0 unspecified atom stereocenters. The van der Waals surface area contributed by atoms with Gasteiger partial charge >= 0.3 is 0 Å². The fourth-order valence-corrected chi connectivity index (χ4v) is 2.09. The summed E-state index contributed by atoms with van der Waals surface area (Å²) in [5, 5.41) is 7.14. The Morgan fingerprint density at radius 2 is 2.16 bits per heavy atom. The van der Waals surface area contributed by atoms with Crippen LogP contribution in [0.5, 0.6) is 0 Å². The quantitative estimate of drug-likeness (QED) is 0.386. The highest BCUT2D eigenvalue weighted by molar-refractivity contribution is 8.13. The number of benzene rings is 1. The zero-order valence-corrected chi connectivity index (χ0v) is 12.3. The topological polar surface area (TPSA) is 36.4 Å². The third-order valence-corrected chi connectivity index (χ3v) is 2.97. The summed E-state index contributed by atoms with van der Waals surface area (Å²) in [6.07, 6.45) is 1.72. The summed E-state index contributed by atoms with van der Waals surface area (Å²) in [5.41, 5.74) is 0.725. The Morgan fingerprint density at radius 3 is 2.74 bits per heavy atom. The molecule has 102 valence electrons. The fourth-order valence-electron chi connectivity index (χ4n) is 1.20. The van der Waals surface area contributed by atoms with Gasteiger partial charge in [0.05, 0.1) is 6.54 Å². The predicted molar refractivity (Wildman–Crippen MR) is 86.4 cm³/mol. The van der Waals surface area contributed by atoms with Gasteiger partial charge in [0.1, 0.15) is 5.82 Å². The van der Waals surface area contributed by atoms with Crippen LogP contribution in [-0.2, 0) is 0 Å². The van der Waals surface area contributed by atoms with Gasteiger partial charge in [-0.1, -0.05) is 24.8 Å². The van der Waals surface area contributed by atoms with Crippen molar-refractivity contribution in [2.24, 2.45) is 4.99 Å². The van der Waals surface area contributed by atoms with E-state index in [1.807, 2.05) is 6.92 Å². The van der Waals surface area contributed by atoms with E-state index in [1.165, 1.54) is 12.1 Å². The molecule has 0 fully saturated rings. The van der Waals surface area contributed by atoms with E-state index >= 15 is 0 Å². The molecule has 0 saturated carbocycles. The van der Waals surface area contributed by atoms with Gasteiger partial charge in [0.2, 0.25) is 0 Å². The largest absolute Gasteiger partial charge is 0.332 e. The number of halogens is 1. The SMILES string of the molecule is C=CCN=C(NC(=S)Nc1ccc(F)cc1)SCC. The van der Waals surface area contributed by atoms with E-state index in [0.29, 0.717) is 11.7 Å². The first kappa shape index (κ1) is 15.7. The minimum Gasteiger partial charge on any atom is -0.332 e. The average Bonchev–Trinajstić information content (AvgIpc) is 2.39. The molecule has 0 spiro atoms. The Hall–Kier alpha value is -1.40. The molecule has 19 heavy (non-hydrogen) atoms. The van der Waals surface area contributed by atoms with Gasteiger partial charge in [-0.25, -0.2) is 4.39 Å². The minimum atomic E-state index is -0.279. The first-order chi connectivity index (χ1) is 9.15. The predicted octanol–water partition coefficient (Wildman–Crippen LogP) is 3.41. The maximum absolute atomic E-state index is 12.8. The van der Waals surface area contributed by atoms with Gasteiger partial charge in [-0.05, 0) is 42.2 Å². The van der Waals surface area contributed by atoms with Crippen LogP contribution in [-0.4, -0.2) is 22.6 Å². The van der Waals surface area contributed by atoms with E-state index < -0.39 is 0 Å². The number of amidine groups is 1. The van der Waals surface area contributed by atoms with Crippen molar-refractivity contribution in [2.45, 2.75) is 6.92 Å². The molecule has 0 radical (unpaired) electrons. The molecule has 0 amide bonds. The molecule has 0 heterocycles. The van der Waals surface area contributed by atoms with E-state index in [-0.39, 0.29) is 5.82 Å². The second-order valence-electron chi connectivity index (χ2n) is 3.45. The smallest absolute Gasteiger partial charge is 0.176 e. The number of thiocarbonyl (C=S) groups is 1. The van der Waals surface area contributed by atoms with Crippen molar-refractivity contribution in [3.05, 3.63) is 42.7 Å². The number of nitrogens with one attached hydrogen (secondary N) is 2. The lowest BCUT2D eigenvalue weighted by atomic mass is 10.3. The van der Waals surface area contributed by atoms with E-state index in [9.17, 15) is 4.39 Å². The molecular weight excluding hydrogens is 281 g/mol. The summed E-state index contributed by atoms with van der Waals surface area (Å²) in [6, 6.07) is 5.99. The summed E-state index contributed by atoms with van der Waals surface area (Å²) in [6.45, 7) is 6.19. The Bertz CT molecular complexity index is 457. The zero-order chi connectivity index (χ0) is 14.1. The monoisotopic (exact) mass is 297 g/mol. The third-order valence-electron chi connectivity index (χ3n) is 1.97. The van der Waals surface area contributed by atoms with Crippen LogP contribution in [0.3, 0.4) is 0 Å². The Morgan fingerprint density at radius 1 is 1.47 bits per heavy atom. The van der Waals surface area contributed by atoms with Crippen molar-refractivity contribution in [3.8, 4) is 0 Å². The highest BCUT2D eigenvalue weighted by atomic mass is 32.2. The van der Waals surface area contributed by atoms with Crippen LogP contribution < -0.4 is 10.6 Å². The molecule has 0 aromatic heterocycles. The standard InChI is InChI=1S/C13H16FN3S2/c1-3-9-15-13(19-4-2)17-12(18)16-11-7-5-10(14)6-8-11/h3,5-8H,1,4,9H2,2H3,(H2,15,16,17,18). The van der Waals surface area contributed by atoms with E-state index in [4.69, 9.17) is 12.2 Å². The van der Waals surface area contributed by atoms with Crippen molar-refractivity contribution in [2.75, 3.05) is 17.6 Å². The van der Waals surface area contributed by atoms with Gasteiger partial charge in [-0.3, -0.25) is 4.99 Å². The Labute approximate surface area is 122 Å². The number of aliphatic imine (C=N–C) groups is 1. The number of rotatable bonds is 4. The average molecular weight is 297 g/mol. The molecule has 0 aliphatic rings. The highest BCUT2D eigenvalue weighted by Crippen LogP contribution is 2.08. The normalized spacial score (nSPS) is 10.9. The van der Waals surface area contributed by atoms with Crippen LogP contribution in [0.1, 0.15) is 6.92 Å². The van der Waals surface area contributed by atoms with Crippen LogP contribution in [0.4, 0.5) is 10.1 Å². The molecule has 0 aliphatic carbocycles. The number of thioether (sulfide) groups is 1. The molecule has 0 bridgehead atoms. The summed E-state index contributed by atoms with van der Waals surface area (Å²) < 4.78 is 12.8. The molecule has 1 aromatic carbocycles. The first-order valence-electron chi connectivity index (χ1n) is 5.77. The second kappa shape index (κ2) is 8.66. The minimum absolute atomic E-state index is 0.279. The summed E-state index contributed by atoms with van der Waals surface area (Å²) >= 11 is 6.74. The van der Waals surface area contributed by atoms with Crippen molar-refractivity contribution >= 4 is 39.9 Å². The molecule has 1 aromatic rings. The zero-order valence-electron chi connectivity index (χ0n) is 10.6. The van der Waals surface area contributed by atoms with Gasteiger partial charge in [-0.15, -0.1) is 6.58 Å². The van der Waals surface area contributed by atoms with Crippen LogP contribution in [0.15, 0.2) is 41.9 Å². The van der Waals surface area contributed by atoms with Gasteiger partial charge in [0.25, 0.3) is 0 Å². The molecule has 0 aliphatic heterocycles. The van der Waals surface area contributed by atoms with Crippen molar-refractivity contribution in [1.82, 2.24) is 5.32 Å². The lowest BCUT2D eigenvalue weighted by molar-refractivity contribution is 0.628. The molecule has 1 rings (SSSR count). The van der Waals surface area contributed by atoms with Gasteiger partial charge in [0, 0.05) is 5.69 Å². The molecule has 3 nitrogen and oxygen atoms in total. The fraction of sp³-hybridized carbons (Fsp3) is 0.231. The summed E-state index contributed by atoms with van der Waals surface area (Å²) in [7, 11) is 0. The number of hydrogen-bond donors (Lipinski definition) is 2.